The van der Waals surface area contributed by atoms with Gasteiger partial charge in [-0.1, -0.05) is 28.9 Å². The minimum absolute atomic E-state index is 0.0412. The number of aromatic nitrogens is 5. The molecule has 0 saturated carbocycles. The predicted octanol–water partition coefficient (Wildman–Crippen LogP) is 2.03. The van der Waals surface area contributed by atoms with Crippen molar-refractivity contribution in [2.75, 3.05) is 12.8 Å². The van der Waals surface area contributed by atoms with Gasteiger partial charge in [-0.25, -0.2) is 10.1 Å². The van der Waals surface area contributed by atoms with Crippen molar-refractivity contribution in [3.63, 3.8) is 0 Å². The molecule has 0 radical (unpaired) electrons. The number of halogens is 1. The number of hydrogen-bond donors (Lipinski definition) is 3. The monoisotopic (exact) mass is 454 g/mol. The Morgan fingerprint density at radius 2 is 2.16 bits per heavy atom. The Bertz CT molecular complexity index is 1320. The van der Waals surface area contributed by atoms with Crippen LogP contribution in [0.1, 0.15) is 16.1 Å². The zero-order valence-corrected chi connectivity index (χ0v) is 17.2. The van der Waals surface area contributed by atoms with Crippen molar-refractivity contribution in [2.24, 2.45) is 5.10 Å². The summed E-state index contributed by atoms with van der Waals surface area (Å²) in [7, 11) is 1.52. The normalized spacial score (nSPS) is 11.1. The third-order valence-corrected chi connectivity index (χ3v) is 4.52. The number of nitrogens with two attached hydrogens (primary N) is 1. The number of phenolic OH excluding ortho intramolecular Hbond substituents is 1. The third kappa shape index (κ3) is 4.06. The average Bonchev–Trinajstić information content (AvgIpc) is 3.42. The highest BCUT2D eigenvalue weighted by Crippen LogP contribution is 2.29. The number of carbonyl (C=O) groups excluding carboxylic acids is 1. The maximum Gasteiger partial charge on any atom is 0.294 e. The van der Waals surface area contributed by atoms with E-state index < -0.39 is 5.91 Å². The Balaban J connectivity index is 1.71. The summed E-state index contributed by atoms with van der Waals surface area (Å²) in [6.07, 6.45) is 1.24. The van der Waals surface area contributed by atoms with Crippen molar-refractivity contribution in [1.29, 1.82) is 0 Å². The van der Waals surface area contributed by atoms with E-state index in [-0.39, 0.29) is 28.8 Å². The molecule has 0 spiro atoms. The molecule has 4 aromatic rings. The van der Waals surface area contributed by atoms with Gasteiger partial charge in [-0.15, -0.1) is 5.10 Å². The lowest BCUT2D eigenvalue weighted by molar-refractivity contribution is 0.0950. The Hall–Kier alpha value is -4.45. The van der Waals surface area contributed by atoms with Crippen molar-refractivity contribution < 1.29 is 19.3 Å². The van der Waals surface area contributed by atoms with Gasteiger partial charge in [0, 0.05) is 16.1 Å². The Labute approximate surface area is 185 Å². The first-order valence-electron chi connectivity index (χ1n) is 8.98. The summed E-state index contributed by atoms with van der Waals surface area (Å²) in [6, 6.07) is 11.3. The van der Waals surface area contributed by atoms with Crippen LogP contribution in [0.3, 0.4) is 0 Å². The molecule has 2 heterocycles. The molecule has 0 unspecified atom stereocenters. The first kappa shape index (κ1) is 20.8. The summed E-state index contributed by atoms with van der Waals surface area (Å²) in [6.45, 7) is 0. The van der Waals surface area contributed by atoms with Crippen LogP contribution in [0.15, 0.2) is 52.2 Å². The van der Waals surface area contributed by atoms with Crippen LogP contribution in [0.25, 0.3) is 17.1 Å². The Morgan fingerprint density at radius 3 is 2.91 bits per heavy atom. The number of aromatic hydroxyl groups is 1. The van der Waals surface area contributed by atoms with E-state index in [9.17, 15) is 9.90 Å². The van der Waals surface area contributed by atoms with Gasteiger partial charge in [-0.05, 0) is 40.6 Å². The number of nitrogens with one attached hydrogen (secondary N) is 1. The number of nitrogens with zero attached hydrogens (tertiary/aromatic N) is 6. The quantitative estimate of drug-likeness (QED) is 0.291. The van der Waals surface area contributed by atoms with Gasteiger partial charge in [-0.2, -0.15) is 9.78 Å². The van der Waals surface area contributed by atoms with Crippen LogP contribution in [-0.2, 0) is 0 Å². The highest BCUT2D eigenvalue weighted by molar-refractivity contribution is 6.30. The molecule has 12 nitrogen and oxygen atoms in total. The molecule has 32 heavy (non-hydrogen) atoms. The highest BCUT2D eigenvalue weighted by atomic mass is 35.5. The number of ether oxygens (including phenoxy) is 1. The number of nitrogen functional groups attached to an aromatic ring is 1. The minimum atomic E-state index is -0.679. The fourth-order valence-electron chi connectivity index (χ4n) is 2.79. The molecule has 162 valence electrons. The summed E-state index contributed by atoms with van der Waals surface area (Å²) in [4.78, 5) is 12.9. The van der Waals surface area contributed by atoms with E-state index >= 15 is 0 Å². The molecule has 4 rings (SSSR count). The van der Waals surface area contributed by atoms with Gasteiger partial charge in [0.05, 0.1) is 13.3 Å². The summed E-state index contributed by atoms with van der Waals surface area (Å²) >= 11 is 5.91. The molecule has 1 amide bonds. The maximum atomic E-state index is 12.9. The fourth-order valence-corrected chi connectivity index (χ4v) is 2.97. The smallest absolute Gasteiger partial charge is 0.294 e. The van der Waals surface area contributed by atoms with E-state index in [4.69, 9.17) is 22.1 Å². The van der Waals surface area contributed by atoms with Gasteiger partial charge in [0.15, 0.2) is 5.69 Å². The van der Waals surface area contributed by atoms with Crippen LogP contribution in [0.2, 0.25) is 5.02 Å². The van der Waals surface area contributed by atoms with Crippen LogP contribution in [0, 0.1) is 0 Å². The first-order chi connectivity index (χ1) is 15.5. The largest absolute Gasteiger partial charge is 0.507 e. The number of methoxy groups -OCH3 is 1. The van der Waals surface area contributed by atoms with Crippen LogP contribution in [0.5, 0.6) is 11.5 Å². The van der Waals surface area contributed by atoms with E-state index in [1.807, 2.05) is 0 Å². The molecule has 0 atom stereocenters. The molecule has 0 saturated heterocycles. The van der Waals surface area contributed by atoms with Gasteiger partial charge >= 0.3 is 0 Å². The standard InChI is InChI=1S/C19H15ClN8O4/c1-31-13-4-2-3-10(8-13)16-15(23-27-28(16)18-17(21)25-32-26-18)19(30)24-22-9-11-7-12(20)5-6-14(11)29/h2-9,29H,1H3,(H2,21,25)(H,24,30). The summed E-state index contributed by atoms with van der Waals surface area (Å²) in [5.74, 6) is -0.171. The zero-order valence-electron chi connectivity index (χ0n) is 16.4. The van der Waals surface area contributed by atoms with E-state index in [0.717, 1.165) is 0 Å². The molecule has 0 fully saturated rings. The van der Waals surface area contributed by atoms with Gasteiger partial charge in [-0.3, -0.25) is 4.79 Å². The molecule has 2 aromatic heterocycles. The van der Waals surface area contributed by atoms with Gasteiger partial charge in [0.25, 0.3) is 5.91 Å². The van der Waals surface area contributed by atoms with Crippen molar-refractivity contribution in [3.05, 3.63) is 58.7 Å². The number of benzene rings is 2. The minimum Gasteiger partial charge on any atom is -0.507 e. The Kier molecular flexibility index (Phi) is 5.68. The molecule has 0 aliphatic rings. The van der Waals surface area contributed by atoms with Crippen LogP contribution in [-0.4, -0.2) is 49.6 Å². The van der Waals surface area contributed by atoms with Crippen molar-refractivity contribution in [3.8, 4) is 28.6 Å². The van der Waals surface area contributed by atoms with Crippen LogP contribution < -0.4 is 15.9 Å². The van der Waals surface area contributed by atoms with Crippen molar-refractivity contribution >= 4 is 29.5 Å². The van der Waals surface area contributed by atoms with E-state index in [1.165, 1.54) is 36.2 Å². The average molecular weight is 455 g/mol. The highest BCUT2D eigenvalue weighted by Gasteiger charge is 2.25. The SMILES string of the molecule is COc1cccc(-c2c(C(=O)NN=Cc3cc(Cl)ccc3O)nnn2-c2nonc2N)c1. The predicted molar refractivity (Wildman–Crippen MR) is 114 cm³/mol. The number of anilines is 1. The number of rotatable bonds is 6. The lowest BCUT2D eigenvalue weighted by Gasteiger charge is -2.07. The summed E-state index contributed by atoms with van der Waals surface area (Å²) in [5, 5.41) is 29.3. The molecule has 0 aliphatic carbocycles. The van der Waals surface area contributed by atoms with E-state index in [0.29, 0.717) is 21.9 Å². The van der Waals surface area contributed by atoms with Crippen molar-refractivity contribution in [2.45, 2.75) is 0 Å². The molecule has 4 N–H and O–H groups in total. The number of amides is 1. The van der Waals surface area contributed by atoms with Gasteiger partial charge < -0.3 is 15.6 Å². The topological polar surface area (TPSA) is 167 Å². The molecule has 2 aromatic carbocycles. The number of phenols is 1. The second-order valence-electron chi connectivity index (χ2n) is 6.31. The van der Waals surface area contributed by atoms with Gasteiger partial charge in [0.2, 0.25) is 11.6 Å². The second kappa shape index (κ2) is 8.73. The lowest BCUT2D eigenvalue weighted by atomic mass is 10.1. The second-order valence-corrected chi connectivity index (χ2v) is 6.74. The molecular weight excluding hydrogens is 440 g/mol. The first-order valence-corrected chi connectivity index (χ1v) is 9.36. The number of carbonyl (C=O) groups is 1. The van der Waals surface area contributed by atoms with Gasteiger partial charge in [0.1, 0.15) is 17.2 Å². The lowest BCUT2D eigenvalue weighted by Crippen LogP contribution is -2.19. The zero-order chi connectivity index (χ0) is 22.7. The summed E-state index contributed by atoms with van der Waals surface area (Å²) < 4.78 is 11.1. The number of hydrogen-bond acceptors (Lipinski definition) is 10. The van der Waals surface area contributed by atoms with E-state index in [1.54, 1.807) is 24.3 Å². The van der Waals surface area contributed by atoms with Crippen molar-refractivity contribution in [1.82, 2.24) is 30.7 Å². The molecule has 13 heteroatoms. The third-order valence-electron chi connectivity index (χ3n) is 4.28. The van der Waals surface area contributed by atoms with E-state index in [2.05, 4.69) is 35.8 Å². The molecular formula is C19H15ClN8O4. The molecule has 0 bridgehead atoms. The Morgan fingerprint density at radius 1 is 1.31 bits per heavy atom. The van der Waals surface area contributed by atoms with Crippen LogP contribution >= 0.6 is 11.6 Å². The fraction of sp³-hybridized carbons (Fsp3) is 0.0526. The summed E-state index contributed by atoms with van der Waals surface area (Å²) in [5.41, 5.74) is 9.17. The number of hydrazone groups is 1. The molecule has 0 aliphatic heterocycles. The van der Waals surface area contributed by atoms with Crippen LogP contribution in [0.4, 0.5) is 5.82 Å². The maximum absolute atomic E-state index is 12.9.